The fourth-order valence-corrected chi connectivity index (χ4v) is 3.28. The molecule has 0 unspecified atom stereocenters. The normalized spacial score (nSPS) is 14.0. The molecular weight excluding hydrogens is 347 g/mol. The molecule has 0 radical (unpaired) electrons. The maximum Gasteiger partial charge on any atom is 0.243 e. The van der Waals surface area contributed by atoms with Gasteiger partial charge in [0.25, 0.3) is 0 Å². The van der Waals surface area contributed by atoms with Crippen LogP contribution in [0.25, 0.3) is 0 Å². The number of nitrogens with one attached hydrogen (secondary N) is 1. The van der Waals surface area contributed by atoms with Crippen LogP contribution in [0.5, 0.6) is 0 Å². The summed E-state index contributed by atoms with van der Waals surface area (Å²) in [6.07, 6.45) is 7.75. The van der Waals surface area contributed by atoms with Crippen LogP contribution in [0.2, 0.25) is 10.0 Å². The van der Waals surface area contributed by atoms with E-state index in [4.69, 9.17) is 23.2 Å². The van der Waals surface area contributed by atoms with Gasteiger partial charge in [-0.15, -0.1) is 0 Å². The molecule has 0 saturated carbocycles. The van der Waals surface area contributed by atoms with Crippen molar-refractivity contribution in [3.8, 4) is 0 Å². The standard InChI is InChI=1S/C18H22Cl2N2O2/c1-13(23)22(8-7-14-5-3-2-4-6-14)12-18(24)21-17-10-15(19)9-16(20)11-17/h5,9-11H,2-4,6-8,12H2,1H3,(H,21,24). The number of halogens is 2. The molecule has 0 spiro atoms. The van der Waals surface area contributed by atoms with Crippen molar-refractivity contribution in [3.05, 3.63) is 39.9 Å². The average Bonchev–Trinajstić information content (AvgIpc) is 2.51. The molecule has 0 heterocycles. The minimum atomic E-state index is -0.263. The Morgan fingerprint density at radius 1 is 1.17 bits per heavy atom. The molecule has 2 amide bonds. The van der Waals surface area contributed by atoms with Gasteiger partial charge in [-0.2, -0.15) is 0 Å². The second-order valence-corrected chi connectivity index (χ2v) is 6.88. The summed E-state index contributed by atoms with van der Waals surface area (Å²) in [5, 5.41) is 3.63. The lowest BCUT2D eigenvalue weighted by Gasteiger charge is -2.22. The molecule has 1 aromatic rings. The Kier molecular flexibility index (Phi) is 7.13. The van der Waals surface area contributed by atoms with Crippen LogP contribution in [-0.4, -0.2) is 29.8 Å². The van der Waals surface area contributed by atoms with Crippen LogP contribution in [0.3, 0.4) is 0 Å². The number of benzene rings is 1. The minimum Gasteiger partial charge on any atom is -0.333 e. The summed E-state index contributed by atoms with van der Waals surface area (Å²) in [4.78, 5) is 25.6. The SMILES string of the molecule is CC(=O)N(CCC1=CCCCC1)CC(=O)Nc1cc(Cl)cc(Cl)c1. The van der Waals surface area contributed by atoms with Crippen LogP contribution in [-0.2, 0) is 9.59 Å². The van der Waals surface area contributed by atoms with Crippen molar-refractivity contribution in [2.75, 3.05) is 18.4 Å². The highest BCUT2D eigenvalue weighted by Gasteiger charge is 2.15. The van der Waals surface area contributed by atoms with E-state index in [1.54, 1.807) is 23.1 Å². The largest absolute Gasteiger partial charge is 0.333 e. The van der Waals surface area contributed by atoms with Gasteiger partial charge >= 0.3 is 0 Å². The van der Waals surface area contributed by atoms with Gasteiger partial charge in [0, 0.05) is 29.2 Å². The number of carbonyl (C=O) groups excluding carboxylic acids is 2. The zero-order valence-electron chi connectivity index (χ0n) is 13.8. The van der Waals surface area contributed by atoms with Gasteiger partial charge in [-0.25, -0.2) is 0 Å². The van der Waals surface area contributed by atoms with Gasteiger partial charge in [0.1, 0.15) is 0 Å². The van der Waals surface area contributed by atoms with Gasteiger partial charge in [-0.05, 0) is 50.3 Å². The summed E-state index contributed by atoms with van der Waals surface area (Å²) in [5.74, 6) is -0.369. The number of hydrogen-bond donors (Lipinski definition) is 1. The maximum absolute atomic E-state index is 12.2. The van der Waals surface area contributed by atoms with E-state index in [0.717, 1.165) is 19.3 Å². The lowest BCUT2D eigenvalue weighted by molar-refractivity contribution is -0.132. The number of amides is 2. The van der Waals surface area contributed by atoms with E-state index >= 15 is 0 Å². The fourth-order valence-electron chi connectivity index (χ4n) is 2.76. The van der Waals surface area contributed by atoms with Crippen molar-refractivity contribution in [2.45, 2.75) is 39.0 Å². The molecule has 0 bridgehead atoms. The molecular formula is C18H22Cl2N2O2. The van der Waals surface area contributed by atoms with E-state index in [1.807, 2.05) is 0 Å². The Balaban J connectivity index is 1.90. The van der Waals surface area contributed by atoms with Crippen molar-refractivity contribution in [3.63, 3.8) is 0 Å². The number of allylic oxidation sites excluding steroid dienone is 1. The quantitative estimate of drug-likeness (QED) is 0.741. The molecule has 0 aromatic heterocycles. The predicted molar refractivity (Wildman–Crippen MR) is 98.5 cm³/mol. The average molecular weight is 369 g/mol. The van der Waals surface area contributed by atoms with Crippen LogP contribution in [0.1, 0.15) is 39.0 Å². The molecule has 1 aromatic carbocycles. The second kappa shape index (κ2) is 9.09. The van der Waals surface area contributed by atoms with E-state index in [0.29, 0.717) is 22.3 Å². The molecule has 1 aliphatic carbocycles. The minimum absolute atomic E-state index is 0.0206. The van der Waals surface area contributed by atoms with Crippen molar-refractivity contribution >= 4 is 40.7 Å². The summed E-state index contributed by atoms with van der Waals surface area (Å²) in [7, 11) is 0. The third-order valence-electron chi connectivity index (χ3n) is 4.01. The predicted octanol–water partition coefficient (Wildman–Crippen LogP) is 4.67. The van der Waals surface area contributed by atoms with Gasteiger partial charge in [0.2, 0.25) is 11.8 Å². The second-order valence-electron chi connectivity index (χ2n) is 6.01. The van der Waals surface area contributed by atoms with Crippen molar-refractivity contribution in [1.82, 2.24) is 4.90 Å². The number of carbonyl (C=O) groups is 2. The Bertz CT molecular complexity index is 624. The fraction of sp³-hybridized carbons (Fsp3) is 0.444. The molecule has 1 N–H and O–H groups in total. The Morgan fingerprint density at radius 2 is 1.88 bits per heavy atom. The highest BCUT2D eigenvalue weighted by molar-refractivity contribution is 6.35. The zero-order valence-corrected chi connectivity index (χ0v) is 15.3. The van der Waals surface area contributed by atoms with Crippen molar-refractivity contribution in [2.24, 2.45) is 0 Å². The monoisotopic (exact) mass is 368 g/mol. The van der Waals surface area contributed by atoms with Crippen molar-refractivity contribution in [1.29, 1.82) is 0 Å². The highest BCUT2D eigenvalue weighted by atomic mass is 35.5. The van der Waals surface area contributed by atoms with Crippen LogP contribution in [0.15, 0.2) is 29.8 Å². The van der Waals surface area contributed by atoms with Crippen LogP contribution in [0.4, 0.5) is 5.69 Å². The van der Waals surface area contributed by atoms with Crippen LogP contribution >= 0.6 is 23.2 Å². The first-order chi connectivity index (χ1) is 11.4. The summed E-state index contributed by atoms with van der Waals surface area (Å²) in [6.45, 7) is 2.07. The molecule has 2 rings (SSSR count). The molecule has 0 atom stereocenters. The van der Waals surface area contributed by atoms with Gasteiger partial charge in [0.15, 0.2) is 0 Å². The van der Waals surface area contributed by atoms with E-state index < -0.39 is 0 Å². The summed E-state index contributed by atoms with van der Waals surface area (Å²) in [5.41, 5.74) is 1.91. The molecule has 24 heavy (non-hydrogen) atoms. The first kappa shape index (κ1) is 18.8. The Morgan fingerprint density at radius 3 is 2.46 bits per heavy atom. The maximum atomic E-state index is 12.2. The zero-order chi connectivity index (χ0) is 17.5. The van der Waals surface area contributed by atoms with Crippen LogP contribution in [0, 0.1) is 0 Å². The van der Waals surface area contributed by atoms with E-state index in [1.165, 1.54) is 25.3 Å². The summed E-state index contributed by atoms with van der Waals surface area (Å²) >= 11 is 11.8. The molecule has 6 heteroatoms. The molecule has 0 saturated heterocycles. The third kappa shape index (κ3) is 6.17. The summed E-state index contributed by atoms with van der Waals surface area (Å²) in [6, 6.07) is 4.84. The molecule has 1 aliphatic rings. The van der Waals surface area contributed by atoms with Gasteiger partial charge < -0.3 is 10.2 Å². The van der Waals surface area contributed by atoms with Crippen molar-refractivity contribution < 1.29 is 9.59 Å². The smallest absolute Gasteiger partial charge is 0.243 e. The highest BCUT2D eigenvalue weighted by Crippen LogP contribution is 2.23. The number of hydrogen-bond acceptors (Lipinski definition) is 2. The number of nitrogens with zero attached hydrogens (tertiary/aromatic N) is 1. The van der Waals surface area contributed by atoms with Crippen LogP contribution < -0.4 is 5.32 Å². The lowest BCUT2D eigenvalue weighted by atomic mass is 9.97. The lowest BCUT2D eigenvalue weighted by Crippen LogP contribution is -2.37. The number of anilines is 1. The van der Waals surface area contributed by atoms with E-state index in [-0.39, 0.29) is 18.4 Å². The molecule has 4 nitrogen and oxygen atoms in total. The van der Waals surface area contributed by atoms with Gasteiger partial charge in [-0.3, -0.25) is 9.59 Å². The molecule has 0 aliphatic heterocycles. The number of rotatable bonds is 6. The topological polar surface area (TPSA) is 49.4 Å². The van der Waals surface area contributed by atoms with Gasteiger partial charge in [-0.1, -0.05) is 34.9 Å². The molecule has 130 valence electrons. The third-order valence-corrected chi connectivity index (χ3v) is 4.45. The van der Waals surface area contributed by atoms with E-state index in [9.17, 15) is 9.59 Å². The van der Waals surface area contributed by atoms with E-state index in [2.05, 4.69) is 11.4 Å². The Labute approximate surface area is 152 Å². The first-order valence-electron chi connectivity index (χ1n) is 8.13. The summed E-state index contributed by atoms with van der Waals surface area (Å²) < 4.78 is 0. The Hall–Kier alpha value is -1.52. The first-order valence-corrected chi connectivity index (χ1v) is 8.89. The van der Waals surface area contributed by atoms with Gasteiger partial charge in [0.05, 0.1) is 6.54 Å². The molecule has 0 fully saturated rings.